The van der Waals surface area contributed by atoms with E-state index in [0.29, 0.717) is 25.4 Å². The Balaban J connectivity index is 1.76. The van der Waals surface area contributed by atoms with Crippen molar-refractivity contribution in [2.45, 2.75) is 13.5 Å². The minimum Gasteiger partial charge on any atom is -0.463 e. The van der Waals surface area contributed by atoms with E-state index in [2.05, 4.69) is 21.7 Å². The average Bonchev–Trinajstić information content (AvgIpc) is 2.69. The summed E-state index contributed by atoms with van der Waals surface area (Å²) in [6.07, 6.45) is 5.02. The summed E-state index contributed by atoms with van der Waals surface area (Å²) < 4.78 is 18.1. The third kappa shape index (κ3) is 5.66. The number of piperazine rings is 1. The molecule has 0 aromatic heterocycles. The van der Waals surface area contributed by atoms with Gasteiger partial charge in [-0.2, -0.15) is 0 Å². The SMILES string of the molecule is CCOC(=O)/C=C/C1=CN(Cc2ccc(F)cc2)CC(N2CCN(C)CC2)=N1. The third-order valence-electron chi connectivity index (χ3n) is 4.76. The van der Waals surface area contributed by atoms with Crippen LogP contribution in [0.2, 0.25) is 0 Å². The van der Waals surface area contributed by atoms with Gasteiger partial charge >= 0.3 is 5.97 Å². The maximum absolute atomic E-state index is 13.2. The smallest absolute Gasteiger partial charge is 0.330 e. The molecule has 1 aromatic carbocycles. The zero-order chi connectivity index (χ0) is 19.9. The van der Waals surface area contributed by atoms with Crippen LogP contribution in [0.15, 0.2) is 53.3 Å². The van der Waals surface area contributed by atoms with E-state index in [1.54, 1.807) is 25.1 Å². The summed E-state index contributed by atoms with van der Waals surface area (Å²) in [6.45, 7) is 7.28. The second-order valence-corrected chi connectivity index (χ2v) is 6.99. The van der Waals surface area contributed by atoms with Crippen LogP contribution in [0, 0.1) is 5.82 Å². The van der Waals surface area contributed by atoms with Crippen LogP contribution in [0.4, 0.5) is 4.39 Å². The van der Waals surface area contributed by atoms with Crippen molar-refractivity contribution in [3.8, 4) is 0 Å². The molecule has 1 fully saturated rings. The van der Waals surface area contributed by atoms with Crippen LogP contribution in [0.25, 0.3) is 0 Å². The number of aliphatic imine (C=N–C) groups is 1. The van der Waals surface area contributed by atoms with Crippen LogP contribution >= 0.6 is 0 Å². The number of hydrogen-bond donors (Lipinski definition) is 0. The topological polar surface area (TPSA) is 48.4 Å². The number of rotatable bonds is 5. The molecule has 1 aromatic rings. The molecule has 0 aliphatic carbocycles. The number of amidine groups is 1. The number of nitrogens with zero attached hydrogens (tertiary/aromatic N) is 4. The minimum atomic E-state index is -0.379. The number of benzene rings is 1. The molecule has 3 rings (SSSR count). The molecule has 28 heavy (non-hydrogen) atoms. The number of halogens is 1. The Labute approximate surface area is 165 Å². The van der Waals surface area contributed by atoms with Crippen molar-refractivity contribution < 1.29 is 13.9 Å². The van der Waals surface area contributed by atoms with Crippen LogP contribution in [0.5, 0.6) is 0 Å². The molecule has 0 radical (unpaired) electrons. The van der Waals surface area contributed by atoms with Gasteiger partial charge in [0.15, 0.2) is 0 Å². The van der Waals surface area contributed by atoms with Crippen molar-refractivity contribution in [1.82, 2.24) is 14.7 Å². The van der Waals surface area contributed by atoms with Crippen molar-refractivity contribution in [2.24, 2.45) is 4.99 Å². The summed E-state index contributed by atoms with van der Waals surface area (Å²) in [6, 6.07) is 6.53. The van der Waals surface area contributed by atoms with Gasteiger partial charge in [-0.1, -0.05) is 12.1 Å². The van der Waals surface area contributed by atoms with Gasteiger partial charge < -0.3 is 19.4 Å². The van der Waals surface area contributed by atoms with E-state index >= 15 is 0 Å². The van der Waals surface area contributed by atoms with Crippen molar-refractivity contribution in [3.63, 3.8) is 0 Å². The summed E-state index contributed by atoms with van der Waals surface area (Å²) in [5.41, 5.74) is 1.72. The number of carbonyl (C=O) groups is 1. The van der Waals surface area contributed by atoms with Crippen LogP contribution in [0.3, 0.4) is 0 Å². The lowest BCUT2D eigenvalue weighted by atomic mass is 10.2. The maximum atomic E-state index is 13.2. The lowest BCUT2D eigenvalue weighted by molar-refractivity contribution is -0.137. The lowest BCUT2D eigenvalue weighted by Crippen LogP contribution is -2.50. The molecule has 0 saturated carbocycles. The zero-order valence-corrected chi connectivity index (χ0v) is 16.5. The van der Waals surface area contributed by atoms with Crippen LogP contribution in [-0.4, -0.2) is 72.9 Å². The average molecular weight is 386 g/mol. The number of likely N-dealkylation sites (N-methyl/N-ethyl adjacent to an activating group) is 1. The molecule has 6 nitrogen and oxygen atoms in total. The van der Waals surface area contributed by atoms with E-state index in [0.717, 1.165) is 37.6 Å². The second kappa shape index (κ2) is 9.50. The predicted molar refractivity (Wildman–Crippen MR) is 107 cm³/mol. The first-order valence-electron chi connectivity index (χ1n) is 9.59. The molecular weight excluding hydrogens is 359 g/mol. The molecule has 0 N–H and O–H groups in total. The number of ether oxygens (including phenoxy) is 1. The molecule has 1 saturated heterocycles. The highest BCUT2D eigenvalue weighted by Gasteiger charge is 2.22. The summed E-state index contributed by atoms with van der Waals surface area (Å²) >= 11 is 0. The van der Waals surface area contributed by atoms with Gasteiger partial charge in [0.2, 0.25) is 0 Å². The van der Waals surface area contributed by atoms with Gasteiger partial charge in [0.25, 0.3) is 0 Å². The fourth-order valence-corrected chi connectivity index (χ4v) is 3.21. The van der Waals surface area contributed by atoms with Gasteiger partial charge in [0, 0.05) is 45.0 Å². The number of esters is 1. The summed E-state index contributed by atoms with van der Waals surface area (Å²) in [4.78, 5) is 23.1. The fourth-order valence-electron chi connectivity index (χ4n) is 3.21. The van der Waals surface area contributed by atoms with E-state index in [-0.39, 0.29) is 11.8 Å². The Morgan fingerprint density at radius 1 is 1.21 bits per heavy atom. The van der Waals surface area contributed by atoms with Crippen molar-refractivity contribution in [2.75, 3.05) is 46.4 Å². The highest BCUT2D eigenvalue weighted by Crippen LogP contribution is 2.17. The summed E-state index contributed by atoms with van der Waals surface area (Å²) in [5, 5.41) is 0. The summed E-state index contributed by atoms with van der Waals surface area (Å²) in [5.74, 6) is 0.368. The first kappa shape index (κ1) is 20.1. The molecule has 0 bridgehead atoms. The standard InChI is InChI=1S/C21H27FN4O2/c1-3-28-21(27)9-8-19-15-25(14-17-4-6-18(22)7-5-17)16-20(23-19)26-12-10-24(2)11-13-26/h4-9,15H,3,10-14,16H2,1-2H3/b9-8+. The van der Waals surface area contributed by atoms with E-state index in [4.69, 9.17) is 9.73 Å². The van der Waals surface area contributed by atoms with Crippen molar-refractivity contribution in [1.29, 1.82) is 0 Å². The second-order valence-electron chi connectivity index (χ2n) is 6.99. The summed E-state index contributed by atoms with van der Waals surface area (Å²) in [7, 11) is 2.12. The van der Waals surface area contributed by atoms with Crippen LogP contribution < -0.4 is 0 Å². The molecule has 2 aliphatic rings. The van der Waals surface area contributed by atoms with E-state index in [1.807, 2.05) is 6.20 Å². The zero-order valence-electron chi connectivity index (χ0n) is 16.5. The predicted octanol–water partition coefficient (Wildman–Crippen LogP) is 2.25. The molecule has 0 amide bonds. The number of carbonyl (C=O) groups excluding carboxylic acids is 1. The molecule has 2 heterocycles. The third-order valence-corrected chi connectivity index (χ3v) is 4.76. The van der Waals surface area contributed by atoms with Gasteiger partial charge in [-0.15, -0.1) is 0 Å². The van der Waals surface area contributed by atoms with Crippen LogP contribution in [-0.2, 0) is 16.1 Å². The Morgan fingerprint density at radius 3 is 2.61 bits per heavy atom. The molecule has 7 heteroatoms. The van der Waals surface area contributed by atoms with Gasteiger partial charge in [0.1, 0.15) is 11.7 Å². The van der Waals surface area contributed by atoms with E-state index < -0.39 is 0 Å². The van der Waals surface area contributed by atoms with Gasteiger partial charge in [-0.05, 0) is 37.7 Å². The van der Waals surface area contributed by atoms with Crippen molar-refractivity contribution in [3.05, 3.63) is 59.7 Å². The molecule has 150 valence electrons. The van der Waals surface area contributed by atoms with Gasteiger partial charge in [-0.25, -0.2) is 14.2 Å². The van der Waals surface area contributed by atoms with E-state index in [1.165, 1.54) is 18.2 Å². The minimum absolute atomic E-state index is 0.240. The van der Waals surface area contributed by atoms with Crippen molar-refractivity contribution >= 4 is 11.8 Å². The highest BCUT2D eigenvalue weighted by atomic mass is 19.1. The first-order chi connectivity index (χ1) is 13.5. The normalized spacial score (nSPS) is 18.2. The first-order valence-corrected chi connectivity index (χ1v) is 9.59. The fraction of sp³-hybridized carbons (Fsp3) is 0.429. The Hall–Kier alpha value is -2.67. The Bertz CT molecular complexity index is 765. The quantitative estimate of drug-likeness (QED) is 0.574. The molecule has 2 aliphatic heterocycles. The lowest BCUT2D eigenvalue weighted by Gasteiger charge is -2.37. The van der Waals surface area contributed by atoms with Gasteiger partial charge in [0.05, 0.1) is 18.8 Å². The van der Waals surface area contributed by atoms with Gasteiger partial charge in [-0.3, -0.25) is 0 Å². The molecule has 0 spiro atoms. The molecule has 0 atom stereocenters. The maximum Gasteiger partial charge on any atom is 0.330 e. The highest BCUT2D eigenvalue weighted by molar-refractivity contribution is 5.87. The molecular formula is C21H27FN4O2. The van der Waals surface area contributed by atoms with Crippen LogP contribution in [0.1, 0.15) is 12.5 Å². The monoisotopic (exact) mass is 386 g/mol. The number of allylic oxidation sites excluding steroid dienone is 1. The Morgan fingerprint density at radius 2 is 1.93 bits per heavy atom. The molecule has 0 unspecified atom stereocenters. The number of hydrogen-bond acceptors (Lipinski definition) is 6. The largest absolute Gasteiger partial charge is 0.463 e. The Kier molecular flexibility index (Phi) is 6.81. The van der Waals surface area contributed by atoms with E-state index in [9.17, 15) is 9.18 Å².